The molecule has 6 heteroatoms. The number of benzene rings is 1. The number of piperazine rings is 1. The number of halogens is 1. The zero-order valence-corrected chi connectivity index (χ0v) is 14.2. The molecule has 2 heterocycles. The van der Waals surface area contributed by atoms with E-state index in [-0.39, 0.29) is 11.7 Å². The van der Waals surface area contributed by atoms with Crippen LogP contribution in [0.4, 0.5) is 10.1 Å². The first-order valence-electron chi connectivity index (χ1n) is 8.60. The van der Waals surface area contributed by atoms with Gasteiger partial charge >= 0.3 is 0 Å². The Bertz CT molecular complexity index is 687. The van der Waals surface area contributed by atoms with E-state index in [0.29, 0.717) is 31.6 Å². The molecule has 3 rings (SSSR count). The van der Waals surface area contributed by atoms with Crippen LogP contribution >= 0.6 is 0 Å². The molecule has 1 aliphatic rings. The third-order valence-electron chi connectivity index (χ3n) is 4.50. The topological polar surface area (TPSA) is 48.5 Å². The predicted octanol–water partition coefficient (Wildman–Crippen LogP) is 2.02. The van der Waals surface area contributed by atoms with Crippen LogP contribution in [0.25, 0.3) is 0 Å². The molecular formula is C19H23FN4O. The first kappa shape index (κ1) is 17.4. The highest BCUT2D eigenvalue weighted by Gasteiger charge is 2.20. The molecule has 1 amide bonds. The molecule has 1 aliphatic heterocycles. The van der Waals surface area contributed by atoms with Gasteiger partial charge in [-0.1, -0.05) is 18.2 Å². The molecule has 0 unspecified atom stereocenters. The lowest BCUT2D eigenvalue weighted by atomic mass is 10.1. The monoisotopic (exact) mass is 342 g/mol. The molecule has 1 aromatic carbocycles. The molecule has 1 aromatic heterocycles. The fraction of sp³-hybridized carbons (Fsp3) is 0.368. The molecule has 25 heavy (non-hydrogen) atoms. The Morgan fingerprint density at radius 2 is 1.88 bits per heavy atom. The van der Waals surface area contributed by atoms with Crippen molar-refractivity contribution in [3.8, 4) is 0 Å². The van der Waals surface area contributed by atoms with Crippen LogP contribution < -0.4 is 5.32 Å². The molecule has 1 saturated heterocycles. The van der Waals surface area contributed by atoms with Gasteiger partial charge < -0.3 is 10.2 Å². The maximum Gasteiger partial charge on any atom is 0.241 e. The van der Waals surface area contributed by atoms with E-state index in [1.54, 1.807) is 12.3 Å². The molecule has 5 nitrogen and oxygen atoms in total. The van der Waals surface area contributed by atoms with E-state index >= 15 is 0 Å². The molecule has 132 valence electrons. The number of amides is 1. The maximum atomic E-state index is 13.6. The Kier molecular flexibility index (Phi) is 5.95. The Balaban J connectivity index is 1.39. The molecule has 1 N–H and O–H groups in total. The summed E-state index contributed by atoms with van der Waals surface area (Å²) in [5, 5.41) is 3.15. The number of carbonyl (C=O) groups excluding carboxylic acids is 1. The number of nitrogens with one attached hydrogen (secondary N) is 1. The Morgan fingerprint density at radius 3 is 2.60 bits per heavy atom. The molecular weight excluding hydrogens is 319 g/mol. The standard InChI is InChI=1S/C19H23FN4O/c20-18-14-21-8-6-16(18)7-9-23-10-12-24(13-11-23)19(25)15-22-17-4-2-1-3-5-17/h1-6,8,14,22H,7,9-13,15H2. The highest BCUT2D eigenvalue weighted by molar-refractivity contribution is 5.81. The number of aromatic nitrogens is 1. The van der Waals surface area contributed by atoms with Crippen molar-refractivity contribution < 1.29 is 9.18 Å². The Hall–Kier alpha value is -2.47. The summed E-state index contributed by atoms with van der Waals surface area (Å²) in [5.74, 6) is -0.132. The third kappa shape index (κ3) is 5.00. The second kappa shape index (κ2) is 8.58. The van der Waals surface area contributed by atoms with E-state index in [9.17, 15) is 9.18 Å². The van der Waals surface area contributed by atoms with Crippen molar-refractivity contribution in [2.24, 2.45) is 0 Å². The van der Waals surface area contributed by atoms with Crippen molar-refractivity contribution in [2.45, 2.75) is 6.42 Å². The largest absolute Gasteiger partial charge is 0.376 e. The molecule has 2 aromatic rings. The summed E-state index contributed by atoms with van der Waals surface area (Å²) in [4.78, 5) is 20.2. The molecule has 0 aliphatic carbocycles. The van der Waals surface area contributed by atoms with Gasteiger partial charge in [0, 0.05) is 44.6 Å². The van der Waals surface area contributed by atoms with E-state index in [0.717, 1.165) is 25.3 Å². The van der Waals surface area contributed by atoms with Gasteiger partial charge in [-0.3, -0.25) is 14.7 Å². The minimum Gasteiger partial charge on any atom is -0.376 e. The SMILES string of the molecule is O=C(CNc1ccccc1)N1CCN(CCc2ccncc2F)CC1. The first-order chi connectivity index (χ1) is 12.2. The summed E-state index contributed by atoms with van der Waals surface area (Å²) in [7, 11) is 0. The number of nitrogens with zero attached hydrogens (tertiary/aromatic N) is 3. The smallest absolute Gasteiger partial charge is 0.241 e. The third-order valence-corrected chi connectivity index (χ3v) is 4.50. The van der Waals surface area contributed by atoms with Gasteiger partial charge in [0.15, 0.2) is 0 Å². The summed E-state index contributed by atoms with van der Waals surface area (Å²) < 4.78 is 13.6. The van der Waals surface area contributed by atoms with Gasteiger partial charge in [0.2, 0.25) is 5.91 Å². The average molecular weight is 342 g/mol. The molecule has 0 bridgehead atoms. The van der Waals surface area contributed by atoms with E-state index in [2.05, 4.69) is 15.2 Å². The summed E-state index contributed by atoms with van der Waals surface area (Å²) in [6, 6.07) is 11.5. The zero-order valence-electron chi connectivity index (χ0n) is 14.2. The Morgan fingerprint density at radius 1 is 1.12 bits per heavy atom. The molecule has 0 spiro atoms. The van der Waals surface area contributed by atoms with Crippen molar-refractivity contribution in [1.29, 1.82) is 0 Å². The summed E-state index contributed by atoms with van der Waals surface area (Å²) in [6.07, 6.45) is 3.54. The number of anilines is 1. The Labute approximate surface area is 147 Å². The highest BCUT2D eigenvalue weighted by atomic mass is 19.1. The first-order valence-corrected chi connectivity index (χ1v) is 8.60. The van der Waals surface area contributed by atoms with E-state index in [4.69, 9.17) is 0 Å². The van der Waals surface area contributed by atoms with Crippen LogP contribution in [0.2, 0.25) is 0 Å². The quantitative estimate of drug-likeness (QED) is 0.873. The van der Waals surface area contributed by atoms with Crippen molar-refractivity contribution in [1.82, 2.24) is 14.8 Å². The maximum absolute atomic E-state index is 13.6. The lowest BCUT2D eigenvalue weighted by Crippen LogP contribution is -2.50. The lowest BCUT2D eigenvalue weighted by molar-refractivity contribution is -0.131. The van der Waals surface area contributed by atoms with Gasteiger partial charge in [0.1, 0.15) is 5.82 Å². The molecule has 0 atom stereocenters. The van der Waals surface area contributed by atoms with Crippen molar-refractivity contribution in [2.75, 3.05) is 44.6 Å². The second-order valence-corrected chi connectivity index (χ2v) is 6.16. The van der Waals surface area contributed by atoms with E-state index in [1.807, 2.05) is 35.2 Å². The van der Waals surface area contributed by atoms with Crippen LogP contribution in [0.15, 0.2) is 48.8 Å². The van der Waals surface area contributed by atoms with E-state index < -0.39 is 0 Å². The summed E-state index contributed by atoms with van der Waals surface area (Å²) in [5.41, 5.74) is 1.65. The number of carbonyl (C=O) groups is 1. The second-order valence-electron chi connectivity index (χ2n) is 6.16. The van der Waals surface area contributed by atoms with Crippen molar-refractivity contribution in [3.05, 3.63) is 60.2 Å². The number of hydrogen-bond donors (Lipinski definition) is 1. The van der Waals surface area contributed by atoms with Crippen LogP contribution in [-0.2, 0) is 11.2 Å². The number of rotatable bonds is 6. The zero-order chi connectivity index (χ0) is 17.5. The van der Waals surface area contributed by atoms with Crippen molar-refractivity contribution in [3.63, 3.8) is 0 Å². The number of pyridine rings is 1. The van der Waals surface area contributed by atoms with Crippen LogP contribution in [0.1, 0.15) is 5.56 Å². The molecule has 0 radical (unpaired) electrons. The van der Waals surface area contributed by atoms with Gasteiger partial charge in [-0.25, -0.2) is 4.39 Å². The number of para-hydroxylation sites is 1. The fourth-order valence-corrected chi connectivity index (χ4v) is 2.95. The van der Waals surface area contributed by atoms with Gasteiger partial charge in [0.05, 0.1) is 12.7 Å². The number of hydrogen-bond acceptors (Lipinski definition) is 4. The highest BCUT2D eigenvalue weighted by Crippen LogP contribution is 2.09. The lowest BCUT2D eigenvalue weighted by Gasteiger charge is -2.34. The van der Waals surface area contributed by atoms with Crippen LogP contribution in [-0.4, -0.2) is 60.0 Å². The fourth-order valence-electron chi connectivity index (χ4n) is 2.95. The predicted molar refractivity (Wildman–Crippen MR) is 95.9 cm³/mol. The van der Waals surface area contributed by atoms with Crippen molar-refractivity contribution >= 4 is 11.6 Å². The molecule has 1 fully saturated rings. The summed E-state index contributed by atoms with van der Waals surface area (Å²) >= 11 is 0. The normalized spacial score (nSPS) is 15.2. The average Bonchev–Trinajstić information content (AvgIpc) is 2.67. The van der Waals surface area contributed by atoms with Gasteiger partial charge in [-0.2, -0.15) is 0 Å². The summed E-state index contributed by atoms with van der Waals surface area (Å²) in [6.45, 7) is 4.19. The van der Waals surface area contributed by atoms with Crippen LogP contribution in [0.5, 0.6) is 0 Å². The minimum absolute atomic E-state index is 0.115. The molecule has 0 saturated carbocycles. The van der Waals surface area contributed by atoms with Crippen LogP contribution in [0.3, 0.4) is 0 Å². The van der Waals surface area contributed by atoms with Gasteiger partial charge in [-0.15, -0.1) is 0 Å². The van der Waals surface area contributed by atoms with Crippen LogP contribution in [0, 0.1) is 5.82 Å². The van der Waals surface area contributed by atoms with E-state index in [1.165, 1.54) is 6.20 Å². The minimum atomic E-state index is -0.247. The van der Waals surface area contributed by atoms with Gasteiger partial charge in [0.25, 0.3) is 0 Å². The van der Waals surface area contributed by atoms with Gasteiger partial charge in [-0.05, 0) is 30.2 Å².